The number of anilines is 2. The van der Waals surface area contributed by atoms with Gasteiger partial charge in [-0.1, -0.05) is 70.7 Å². The summed E-state index contributed by atoms with van der Waals surface area (Å²) in [5.41, 5.74) is 1.12. The molecular weight excluding hydrogens is 858 g/mol. The molecule has 0 aliphatic carbocycles. The Bertz CT molecular complexity index is 2640. The van der Waals surface area contributed by atoms with E-state index in [1.54, 1.807) is 24.3 Å². The van der Waals surface area contributed by atoms with Crippen LogP contribution in [0.1, 0.15) is 0 Å². The van der Waals surface area contributed by atoms with E-state index in [1.807, 2.05) is 0 Å². The largest absolute Gasteiger partial charge is 0.278 e. The lowest BCUT2D eigenvalue weighted by Gasteiger charge is -2.12. The van der Waals surface area contributed by atoms with Crippen LogP contribution in [0.4, 0.5) is 11.4 Å². The predicted octanol–water partition coefficient (Wildman–Crippen LogP) is 9.23. The van der Waals surface area contributed by atoms with E-state index in [-0.39, 0.29) is 50.8 Å². The summed E-state index contributed by atoms with van der Waals surface area (Å²) in [4.78, 5) is -0.592. The normalized spacial score (nSPS) is 12.3. The molecule has 18 heteroatoms. The maximum absolute atomic E-state index is 13.4. The highest BCUT2D eigenvalue weighted by molar-refractivity contribution is 7.93. The van der Waals surface area contributed by atoms with Crippen LogP contribution in [0.3, 0.4) is 0 Å². The minimum absolute atomic E-state index is 0.0239. The van der Waals surface area contributed by atoms with Gasteiger partial charge in [-0.05, 0) is 120 Å². The van der Waals surface area contributed by atoms with E-state index in [1.165, 1.54) is 97.1 Å². The zero-order valence-corrected chi connectivity index (χ0v) is 33.4. The van der Waals surface area contributed by atoms with Gasteiger partial charge < -0.3 is 0 Å². The summed E-state index contributed by atoms with van der Waals surface area (Å²) in [5, 5.41) is 0.426. The summed E-state index contributed by atoms with van der Waals surface area (Å²) < 4.78 is 110. The zero-order valence-electron chi connectivity index (χ0n) is 27.1. The van der Waals surface area contributed by atoms with Crippen LogP contribution in [0.15, 0.2) is 163 Å². The van der Waals surface area contributed by atoms with E-state index in [2.05, 4.69) is 9.44 Å². The first-order valence-electron chi connectivity index (χ1n) is 15.2. The van der Waals surface area contributed by atoms with Crippen LogP contribution >= 0.6 is 46.4 Å². The van der Waals surface area contributed by atoms with Crippen molar-refractivity contribution in [1.82, 2.24) is 0 Å². The van der Waals surface area contributed by atoms with Crippen molar-refractivity contribution in [3.8, 4) is 11.1 Å². The number of hydrogen-bond acceptors (Lipinski definition) is 8. The number of nitrogens with one attached hydrogen (secondary N) is 2. The molecule has 0 saturated heterocycles. The molecule has 0 bridgehead atoms. The van der Waals surface area contributed by atoms with Gasteiger partial charge in [-0.3, -0.25) is 9.44 Å². The van der Waals surface area contributed by atoms with Crippen molar-refractivity contribution in [3.05, 3.63) is 154 Å². The number of hydrogen-bond donors (Lipinski definition) is 2. The quantitative estimate of drug-likeness (QED) is 0.130. The molecule has 0 aromatic heterocycles. The minimum Gasteiger partial charge on any atom is -0.278 e. The third kappa shape index (κ3) is 8.41. The van der Waals surface area contributed by atoms with Crippen molar-refractivity contribution in [2.75, 3.05) is 9.44 Å². The molecule has 0 amide bonds. The van der Waals surface area contributed by atoms with Crippen molar-refractivity contribution < 1.29 is 33.7 Å². The first-order chi connectivity index (χ1) is 25.4. The zero-order chi connectivity index (χ0) is 39.1. The lowest BCUT2D eigenvalue weighted by atomic mass is 10.1. The fourth-order valence-corrected chi connectivity index (χ4v) is 10.7. The topological polar surface area (TPSA) is 161 Å². The van der Waals surface area contributed by atoms with Crippen LogP contribution in [0, 0.1) is 0 Å². The molecule has 278 valence electrons. The molecule has 10 nitrogen and oxygen atoms in total. The Balaban J connectivity index is 1.16. The summed E-state index contributed by atoms with van der Waals surface area (Å²) in [7, 11) is -16.2. The monoisotopic (exact) mass is 880 g/mol. The van der Waals surface area contributed by atoms with Crippen LogP contribution in [-0.2, 0) is 39.7 Å². The highest BCUT2D eigenvalue weighted by atomic mass is 35.5. The van der Waals surface area contributed by atoms with Crippen molar-refractivity contribution in [3.63, 3.8) is 0 Å². The van der Waals surface area contributed by atoms with Gasteiger partial charge in [0.2, 0.25) is 19.7 Å². The number of halogens is 4. The molecule has 0 fully saturated rings. The summed E-state index contributed by atoms with van der Waals surface area (Å²) in [6, 6.07) is 29.9. The van der Waals surface area contributed by atoms with Gasteiger partial charge in [0.25, 0.3) is 20.0 Å². The Kier molecular flexibility index (Phi) is 11.1. The lowest BCUT2D eigenvalue weighted by molar-refractivity contribution is 0.594. The van der Waals surface area contributed by atoms with Gasteiger partial charge in [-0.2, -0.15) is 0 Å². The third-order valence-corrected chi connectivity index (χ3v) is 15.3. The summed E-state index contributed by atoms with van der Waals surface area (Å²) in [6.45, 7) is 0. The molecule has 6 rings (SSSR count). The molecule has 54 heavy (non-hydrogen) atoms. The van der Waals surface area contributed by atoms with Crippen molar-refractivity contribution in [2.24, 2.45) is 0 Å². The van der Waals surface area contributed by atoms with Crippen LogP contribution in [0.2, 0.25) is 20.1 Å². The average Bonchev–Trinajstić information content (AvgIpc) is 3.13. The molecule has 0 saturated carbocycles. The van der Waals surface area contributed by atoms with Gasteiger partial charge in [0.1, 0.15) is 0 Å². The second-order valence-corrected chi connectivity index (χ2v) is 20.4. The fourth-order valence-electron chi connectivity index (χ4n) is 5.05. The number of benzene rings is 6. The summed E-state index contributed by atoms with van der Waals surface area (Å²) >= 11 is 24.3. The predicted molar refractivity (Wildman–Crippen MR) is 210 cm³/mol. The Morgan fingerprint density at radius 2 is 0.611 bits per heavy atom. The van der Waals surface area contributed by atoms with E-state index in [0.29, 0.717) is 21.2 Å². The van der Waals surface area contributed by atoms with Crippen LogP contribution in [0.5, 0.6) is 0 Å². The van der Waals surface area contributed by atoms with E-state index >= 15 is 0 Å². The smallest absolute Gasteiger partial charge is 0.261 e. The fraction of sp³-hybridized carbons (Fsp3) is 0. The molecule has 0 radical (unpaired) electrons. The van der Waals surface area contributed by atoms with Gasteiger partial charge in [0, 0.05) is 10.0 Å². The summed E-state index contributed by atoms with van der Waals surface area (Å²) in [6.07, 6.45) is 0. The van der Waals surface area contributed by atoms with Gasteiger partial charge in [-0.15, -0.1) is 0 Å². The third-order valence-electron chi connectivity index (χ3n) is 7.90. The minimum atomic E-state index is -4.08. The molecule has 0 spiro atoms. The number of sulfonamides is 2. The highest BCUT2D eigenvalue weighted by Crippen LogP contribution is 2.34. The molecule has 0 atom stereocenters. The maximum Gasteiger partial charge on any atom is 0.261 e. The summed E-state index contributed by atoms with van der Waals surface area (Å²) in [5.74, 6) is 0. The molecule has 0 heterocycles. The molecular formula is C36H24Cl4N2O8S4. The van der Waals surface area contributed by atoms with Gasteiger partial charge in [-0.25, -0.2) is 33.7 Å². The van der Waals surface area contributed by atoms with Crippen molar-refractivity contribution >= 4 is 97.5 Å². The van der Waals surface area contributed by atoms with E-state index in [4.69, 9.17) is 46.4 Å². The Morgan fingerprint density at radius 3 is 0.907 bits per heavy atom. The first-order valence-corrected chi connectivity index (χ1v) is 22.7. The van der Waals surface area contributed by atoms with Gasteiger partial charge in [0.05, 0.1) is 50.8 Å². The highest BCUT2D eigenvalue weighted by Gasteiger charge is 2.23. The second kappa shape index (κ2) is 15.2. The van der Waals surface area contributed by atoms with E-state index in [9.17, 15) is 33.7 Å². The Labute approximate surface area is 332 Å². The first kappa shape index (κ1) is 39.6. The molecule has 6 aromatic rings. The van der Waals surface area contributed by atoms with Crippen LogP contribution < -0.4 is 9.44 Å². The molecule has 2 N–H and O–H groups in total. The number of rotatable bonds is 11. The second-order valence-electron chi connectivity index (χ2n) is 11.5. The molecule has 0 aliphatic rings. The Hall–Kier alpha value is -4.12. The average molecular weight is 883 g/mol. The van der Waals surface area contributed by atoms with E-state index in [0.717, 1.165) is 12.1 Å². The van der Waals surface area contributed by atoms with Crippen LogP contribution in [0.25, 0.3) is 11.1 Å². The lowest BCUT2D eigenvalue weighted by Crippen LogP contribution is -2.13. The van der Waals surface area contributed by atoms with Crippen molar-refractivity contribution in [2.45, 2.75) is 29.4 Å². The number of sulfone groups is 2. The molecule has 0 unspecified atom stereocenters. The van der Waals surface area contributed by atoms with Gasteiger partial charge >= 0.3 is 0 Å². The SMILES string of the molecule is O=S(=O)(Nc1ccc(S(=O)(=O)c2ccc(-c3ccc(S(=O)(=O)c4ccc(NS(=O)(=O)c5ccc(Cl)cc5)c(Cl)c4)cc3)cc2)cc1Cl)c1ccc(Cl)cc1. The maximum atomic E-state index is 13.4. The molecule has 6 aromatic carbocycles. The van der Waals surface area contributed by atoms with Gasteiger partial charge in [0.15, 0.2) is 0 Å². The van der Waals surface area contributed by atoms with Crippen LogP contribution in [-0.4, -0.2) is 33.7 Å². The van der Waals surface area contributed by atoms with Crippen molar-refractivity contribution in [1.29, 1.82) is 0 Å². The molecule has 0 aliphatic heterocycles. The Morgan fingerprint density at radius 1 is 0.333 bits per heavy atom. The standard InChI is InChI=1S/C36H24Cl4N2O8S4/c37-25-5-13-29(14-6-25)53(47,48)41-35-19-17-31(21-33(35)39)51(43,44)27-9-1-23(2-10-27)24-3-11-28(12-4-24)52(45,46)32-18-20-36(34(40)22-32)42-54(49,50)30-15-7-26(38)8-16-30/h1-22,41-42H. The van der Waals surface area contributed by atoms with E-state index < -0.39 is 39.7 Å².